The van der Waals surface area contributed by atoms with Gasteiger partial charge in [0.25, 0.3) is 0 Å². The molecule has 0 radical (unpaired) electrons. The summed E-state index contributed by atoms with van der Waals surface area (Å²) in [5, 5.41) is 11.8. The van der Waals surface area contributed by atoms with Crippen LogP contribution in [0.3, 0.4) is 0 Å². The van der Waals surface area contributed by atoms with Crippen molar-refractivity contribution >= 4 is 0 Å². The Balaban J connectivity index is 2.66. The number of ether oxygens (including phenoxy) is 1. The molecule has 0 aliphatic heterocycles. The molecule has 0 spiro atoms. The Kier molecular flexibility index (Phi) is 5.38. The van der Waals surface area contributed by atoms with Crippen molar-refractivity contribution in [2.24, 2.45) is 0 Å². The van der Waals surface area contributed by atoms with E-state index in [4.69, 9.17) is 10.00 Å². The molecule has 1 rings (SSSR count). The third-order valence-electron chi connectivity index (χ3n) is 2.44. The fourth-order valence-corrected chi connectivity index (χ4v) is 1.66. The number of hydrogen-bond donors (Lipinski definition) is 1. The molecule has 1 N–H and O–H groups in total. The van der Waals surface area contributed by atoms with E-state index in [0.717, 1.165) is 18.7 Å². The normalized spacial score (nSPS) is 11.8. The fourth-order valence-electron chi connectivity index (χ4n) is 1.66. The van der Waals surface area contributed by atoms with Crippen LogP contribution in [0.15, 0.2) is 24.3 Å². The smallest absolute Gasteiger partial charge is 0.174 e. The first-order chi connectivity index (χ1) is 7.81. The van der Waals surface area contributed by atoms with Gasteiger partial charge in [-0.1, -0.05) is 26.0 Å². The first-order valence-electron chi connectivity index (χ1n) is 5.64. The maximum atomic E-state index is 8.39. The van der Waals surface area contributed by atoms with Crippen LogP contribution >= 0.6 is 0 Å². The molecule has 3 nitrogen and oxygen atoms in total. The summed E-state index contributed by atoms with van der Waals surface area (Å²) in [6, 6.07) is 10.3. The predicted molar refractivity (Wildman–Crippen MR) is 64.3 cm³/mol. The van der Waals surface area contributed by atoms with E-state index in [1.807, 2.05) is 30.3 Å². The fraction of sp³-hybridized carbons (Fsp3) is 0.462. The number of benzene rings is 1. The van der Waals surface area contributed by atoms with Gasteiger partial charge in [0.1, 0.15) is 11.8 Å². The van der Waals surface area contributed by atoms with Crippen LogP contribution in [-0.4, -0.2) is 13.2 Å². The summed E-state index contributed by atoms with van der Waals surface area (Å²) < 4.78 is 5.20. The van der Waals surface area contributed by atoms with Gasteiger partial charge in [0.05, 0.1) is 0 Å². The Morgan fingerprint density at radius 1 is 1.31 bits per heavy atom. The summed E-state index contributed by atoms with van der Waals surface area (Å²) in [5.74, 6) is 0.747. The molecule has 0 heterocycles. The molecule has 0 saturated heterocycles. The molecule has 3 heteroatoms. The third kappa shape index (κ3) is 3.56. The number of nitrogens with one attached hydrogen (secondary N) is 1. The van der Waals surface area contributed by atoms with Crippen LogP contribution in [0.1, 0.15) is 31.9 Å². The lowest BCUT2D eigenvalue weighted by Gasteiger charge is -2.16. The van der Waals surface area contributed by atoms with E-state index < -0.39 is 0 Å². The van der Waals surface area contributed by atoms with Crippen molar-refractivity contribution in [1.29, 1.82) is 5.26 Å². The minimum absolute atomic E-state index is 0.101. The van der Waals surface area contributed by atoms with E-state index in [9.17, 15) is 0 Å². The number of nitriles is 1. The van der Waals surface area contributed by atoms with E-state index >= 15 is 0 Å². The first kappa shape index (κ1) is 12.5. The zero-order valence-corrected chi connectivity index (χ0v) is 9.86. The van der Waals surface area contributed by atoms with Gasteiger partial charge in [-0.3, -0.25) is 0 Å². The zero-order chi connectivity index (χ0) is 11.8. The molecule has 0 bridgehead atoms. The summed E-state index contributed by atoms with van der Waals surface area (Å²) in [7, 11) is 0. The molecular formula is C13H18N2O. The van der Waals surface area contributed by atoms with Gasteiger partial charge in [-0.05, 0) is 30.7 Å². The second-order valence-corrected chi connectivity index (χ2v) is 3.53. The largest absolute Gasteiger partial charge is 0.479 e. The highest BCUT2D eigenvalue weighted by molar-refractivity contribution is 5.29. The molecule has 0 aliphatic carbocycles. The highest BCUT2D eigenvalue weighted by Crippen LogP contribution is 2.19. The molecule has 1 unspecified atom stereocenters. The van der Waals surface area contributed by atoms with Gasteiger partial charge in [-0.2, -0.15) is 5.26 Å². The summed E-state index contributed by atoms with van der Waals surface area (Å²) in [6.07, 6.45) is 1.06. The molecule has 1 aromatic carbocycles. The molecule has 86 valence electrons. The van der Waals surface area contributed by atoms with Crippen molar-refractivity contribution in [1.82, 2.24) is 5.32 Å². The second-order valence-electron chi connectivity index (χ2n) is 3.53. The Bertz CT molecular complexity index is 340. The minimum atomic E-state index is 0.101. The number of rotatable bonds is 6. The van der Waals surface area contributed by atoms with Gasteiger partial charge in [-0.25, -0.2) is 0 Å². The Morgan fingerprint density at radius 3 is 2.50 bits per heavy atom. The molecule has 16 heavy (non-hydrogen) atoms. The number of nitrogens with zero attached hydrogens (tertiary/aromatic N) is 1. The molecule has 1 aromatic rings. The monoisotopic (exact) mass is 218 g/mol. The van der Waals surface area contributed by atoms with Crippen molar-refractivity contribution in [3.63, 3.8) is 0 Å². The van der Waals surface area contributed by atoms with Crippen molar-refractivity contribution in [2.45, 2.75) is 26.3 Å². The lowest BCUT2D eigenvalue weighted by Crippen LogP contribution is -2.19. The van der Waals surface area contributed by atoms with Gasteiger partial charge < -0.3 is 10.1 Å². The average molecular weight is 218 g/mol. The predicted octanol–water partition coefficient (Wildman–Crippen LogP) is 2.65. The van der Waals surface area contributed by atoms with Crippen molar-refractivity contribution < 1.29 is 4.74 Å². The van der Waals surface area contributed by atoms with Gasteiger partial charge >= 0.3 is 0 Å². The van der Waals surface area contributed by atoms with Gasteiger partial charge in [0.15, 0.2) is 6.61 Å². The Hall–Kier alpha value is -1.53. The zero-order valence-electron chi connectivity index (χ0n) is 9.86. The molecular weight excluding hydrogens is 200 g/mol. The van der Waals surface area contributed by atoms with Crippen LogP contribution in [0.2, 0.25) is 0 Å². The van der Waals surface area contributed by atoms with Crippen LogP contribution in [0, 0.1) is 11.3 Å². The second kappa shape index (κ2) is 6.86. The van der Waals surface area contributed by atoms with E-state index in [0.29, 0.717) is 6.04 Å². The number of hydrogen-bond acceptors (Lipinski definition) is 3. The maximum Gasteiger partial charge on any atom is 0.174 e. The highest BCUT2D eigenvalue weighted by atomic mass is 16.5. The quantitative estimate of drug-likeness (QED) is 0.798. The Labute approximate surface area is 97.0 Å². The van der Waals surface area contributed by atoms with Crippen molar-refractivity contribution in [3.05, 3.63) is 29.8 Å². The van der Waals surface area contributed by atoms with Crippen LogP contribution in [-0.2, 0) is 0 Å². The summed E-state index contributed by atoms with van der Waals surface area (Å²) >= 11 is 0. The van der Waals surface area contributed by atoms with Gasteiger partial charge in [0, 0.05) is 6.04 Å². The first-order valence-corrected chi connectivity index (χ1v) is 5.64. The van der Waals surface area contributed by atoms with E-state index in [2.05, 4.69) is 19.2 Å². The average Bonchev–Trinajstić information content (AvgIpc) is 2.34. The summed E-state index contributed by atoms with van der Waals surface area (Å²) in [4.78, 5) is 0. The van der Waals surface area contributed by atoms with Crippen LogP contribution in [0.5, 0.6) is 5.75 Å². The van der Waals surface area contributed by atoms with Crippen LogP contribution in [0.25, 0.3) is 0 Å². The van der Waals surface area contributed by atoms with E-state index in [1.54, 1.807) is 0 Å². The van der Waals surface area contributed by atoms with E-state index in [-0.39, 0.29) is 6.61 Å². The lowest BCUT2D eigenvalue weighted by atomic mass is 10.0. The SMILES string of the molecule is CCNC(CC)c1ccc(OCC#N)cc1. The lowest BCUT2D eigenvalue weighted by molar-refractivity contribution is 0.368. The molecule has 0 aliphatic rings. The third-order valence-corrected chi connectivity index (χ3v) is 2.44. The standard InChI is InChI=1S/C13H18N2O/c1-3-13(15-4-2)11-5-7-12(8-6-11)16-10-9-14/h5-8,13,15H,3-4,10H2,1-2H3. The molecule has 0 fully saturated rings. The minimum Gasteiger partial charge on any atom is -0.479 e. The molecule has 0 aromatic heterocycles. The maximum absolute atomic E-state index is 8.39. The van der Waals surface area contributed by atoms with Crippen molar-refractivity contribution in [2.75, 3.05) is 13.2 Å². The van der Waals surface area contributed by atoms with Crippen LogP contribution < -0.4 is 10.1 Å². The molecule has 0 amide bonds. The molecule has 0 saturated carbocycles. The summed E-state index contributed by atoms with van der Waals surface area (Å²) in [5.41, 5.74) is 1.26. The Morgan fingerprint density at radius 2 is 2.00 bits per heavy atom. The summed E-state index contributed by atoms with van der Waals surface area (Å²) in [6.45, 7) is 5.33. The topological polar surface area (TPSA) is 45.0 Å². The van der Waals surface area contributed by atoms with E-state index in [1.165, 1.54) is 5.56 Å². The van der Waals surface area contributed by atoms with Crippen molar-refractivity contribution in [3.8, 4) is 11.8 Å². The van der Waals surface area contributed by atoms with Gasteiger partial charge in [0.2, 0.25) is 0 Å². The molecule has 1 atom stereocenters. The van der Waals surface area contributed by atoms with Gasteiger partial charge in [-0.15, -0.1) is 0 Å². The highest BCUT2D eigenvalue weighted by Gasteiger charge is 2.06. The van der Waals surface area contributed by atoms with Crippen LogP contribution in [0.4, 0.5) is 0 Å².